The Kier molecular flexibility index (Phi) is 4.76. The third kappa shape index (κ3) is 3.88. The number of benzene rings is 2. The molecule has 6 heteroatoms. The van der Waals surface area contributed by atoms with Gasteiger partial charge in [0.2, 0.25) is 0 Å². The van der Waals surface area contributed by atoms with E-state index < -0.39 is 0 Å². The molecule has 0 radical (unpaired) electrons. The van der Waals surface area contributed by atoms with E-state index in [4.69, 9.17) is 4.74 Å². The number of anilines is 1. The molecule has 1 aliphatic carbocycles. The molecule has 1 aromatic heterocycles. The molecular formula is C23H24N4O2. The molecule has 0 N–H and O–H groups in total. The van der Waals surface area contributed by atoms with Gasteiger partial charge in [-0.05, 0) is 36.4 Å². The molecule has 29 heavy (non-hydrogen) atoms. The van der Waals surface area contributed by atoms with E-state index in [-0.39, 0.29) is 12.5 Å². The topological polar surface area (TPSA) is 58.6 Å². The van der Waals surface area contributed by atoms with E-state index in [1.165, 1.54) is 12.8 Å². The number of fused-ring (bicyclic) bond motifs is 1. The number of amides is 1. The summed E-state index contributed by atoms with van der Waals surface area (Å²) in [7, 11) is 0. The maximum Gasteiger partial charge on any atom is 0.260 e. The summed E-state index contributed by atoms with van der Waals surface area (Å²) in [5.74, 6) is 2.29. The number of hydrogen-bond donors (Lipinski definition) is 0. The first kappa shape index (κ1) is 17.9. The molecule has 148 valence electrons. The van der Waals surface area contributed by atoms with Crippen molar-refractivity contribution in [2.75, 3.05) is 37.7 Å². The Morgan fingerprint density at radius 3 is 2.48 bits per heavy atom. The Morgan fingerprint density at radius 2 is 1.72 bits per heavy atom. The van der Waals surface area contributed by atoms with Crippen LogP contribution in [-0.4, -0.2) is 53.8 Å². The minimum atomic E-state index is 0.0211. The number of ether oxygens (including phenoxy) is 1. The predicted molar refractivity (Wildman–Crippen MR) is 112 cm³/mol. The zero-order valence-corrected chi connectivity index (χ0v) is 16.3. The van der Waals surface area contributed by atoms with Crippen molar-refractivity contribution < 1.29 is 9.53 Å². The van der Waals surface area contributed by atoms with Gasteiger partial charge in [-0.1, -0.05) is 36.4 Å². The van der Waals surface area contributed by atoms with Gasteiger partial charge in [0.15, 0.2) is 12.4 Å². The summed E-state index contributed by atoms with van der Waals surface area (Å²) in [4.78, 5) is 16.7. The van der Waals surface area contributed by atoms with Gasteiger partial charge < -0.3 is 14.5 Å². The van der Waals surface area contributed by atoms with Gasteiger partial charge in [-0.3, -0.25) is 4.79 Å². The van der Waals surface area contributed by atoms with Crippen LogP contribution in [0.1, 0.15) is 24.5 Å². The quantitative estimate of drug-likeness (QED) is 0.672. The van der Waals surface area contributed by atoms with Crippen LogP contribution >= 0.6 is 0 Å². The SMILES string of the molecule is O=C(COc1cccc2ccccc12)N1CCN(c2ccc(C3CC3)nn2)CC1. The first-order valence-electron chi connectivity index (χ1n) is 10.2. The van der Waals surface area contributed by atoms with Gasteiger partial charge in [0.1, 0.15) is 5.75 Å². The van der Waals surface area contributed by atoms with Gasteiger partial charge >= 0.3 is 0 Å². The summed E-state index contributed by atoms with van der Waals surface area (Å²) >= 11 is 0. The van der Waals surface area contributed by atoms with Gasteiger partial charge in [-0.25, -0.2) is 0 Å². The number of aromatic nitrogens is 2. The molecule has 1 saturated carbocycles. The van der Waals surface area contributed by atoms with E-state index in [2.05, 4.69) is 27.2 Å². The van der Waals surface area contributed by atoms with Crippen LogP contribution in [0.5, 0.6) is 5.75 Å². The van der Waals surface area contributed by atoms with Gasteiger partial charge in [0, 0.05) is 37.5 Å². The second-order valence-electron chi connectivity index (χ2n) is 7.72. The standard InChI is InChI=1S/C23H24N4O2/c28-23(16-29-21-7-3-5-17-4-1-2-6-19(17)21)27-14-12-26(13-15-27)22-11-10-20(24-25-22)18-8-9-18/h1-7,10-11,18H,8-9,12-16H2. The normalized spacial score (nSPS) is 16.8. The van der Waals surface area contributed by atoms with Gasteiger partial charge in [-0.2, -0.15) is 5.10 Å². The maximum atomic E-state index is 12.6. The van der Waals surface area contributed by atoms with Gasteiger partial charge in [0.05, 0.1) is 5.69 Å². The molecule has 0 atom stereocenters. The van der Waals surface area contributed by atoms with Crippen molar-refractivity contribution in [3.8, 4) is 5.75 Å². The van der Waals surface area contributed by atoms with Crippen LogP contribution in [-0.2, 0) is 4.79 Å². The van der Waals surface area contributed by atoms with Crippen molar-refractivity contribution in [3.05, 3.63) is 60.3 Å². The summed E-state index contributed by atoms with van der Waals surface area (Å²) in [6.45, 7) is 2.92. The largest absolute Gasteiger partial charge is 0.483 e. The fourth-order valence-corrected chi connectivity index (χ4v) is 3.84. The number of nitrogens with zero attached hydrogens (tertiary/aromatic N) is 4. The first-order valence-corrected chi connectivity index (χ1v) is 10.2. The second kappa shape index (κ2) is 7.70. The lowest BCUT2D eigenvalue weighted by molar-refractivity contribution is -0.133. The van der Waals surface area contributed by atoms with Crippen molar-refractivity contribution in [2.45, 2.75) is 18.8 Å². The minimum absolute atomic E-state index is 0.0211. The van der Waals surface area contributed by atoms with Crippen LogP contribution in [0.2, 0.25) is 0 Å². The molecule has 5 rings (SSSR count). The third-order valence-corrected chi connectivity index (χ3v) is 5.72. The molecule has 6 nitrogen and oxygen atoms in total. The average Bonchev–Trinajstić information content (AvgIpc) is 3.63. The zero-order valence-electron chi connectivity index (χ0n) is 16.3. The van der Waals surface area contributed by atoms with Crippen LogP contribution in [0, 0.1) is 0 Å². The van der Waals surface area contributed by atoms with Crippen molar-refractivity contribution in [1.82, 2.24) is 15.1 Å². The minimum Gasteiger partial charge on any atom is -0.483 e. The highest BCUT2D eigenvalue weighted by atomic mass is 16.5. The number of carbonyl (C=O) groups is 1. The fourth-order valence-electron chi connectivity index (χ4n) is 3.84. The lowest BCUT2D eigenvalue weighted by Gasteiger charge is -2.35. The van der Waals surface area contributed by atoms with Crippen LogP contribution in [0.15, 0.2) is 54.6 Å². The Morgan fingerprint density at radius 1 is 0.931 bits per heavy atom. The Hall–Kier alpha value is -3.15. The highest BCUT2D eigenvalue weighted by Gasteiger charge is 2.26. The highest BCUT2D eigenvalue weighted by molar-refractivity contribution is 5.88. The molecule has 2 aromatic carbocycles. The number of carbonyl (C=O) groups excluding carboxylic acids is 1. The Balaban J connectivity index is 1.16. The molecule has 1 saturated heterocycles. The van der Waals surface area contributed by atoms with Crippen molar-refractivity contribution in [2.24, 2.45) is 0 Å². The van der Waals surface area contributed by atoms with Crippen molar-refractivity contribution >= 4 is 22.5 Å². The Bertz CT molecular complexity index is 1000. The number of hydrogen-bond acceptors (Lipinski definition) is 5. The molecule has 2 fully saturated rings. The maximum absolute atomic E-state index is 12.6. The third-order valence-electron chi connectivity index (χ3n) is 5.72. The lowest BCUT2D eigenvalue weighted by atomic mass is 10.1. The van der Waals surface area contributed by atoms with Crippen molar-refractivity contribution in [1.29, 1.82) is 0 Å². The zero-order chi connectivity index (χ0) is 19.6. The lowest BCUT2D eigenvalue weighted by Crippen LogP contribution is -2.50. The van der Waals surface area contributed by atoms with Crippen molar-refractivity contribution in [3.63, 3.8) is 0 Å². The van der Waals surface area contributed by atoms with Crippen LogP contribution in [0.3, 0.4) is 0 Å². The van der Waals surface area contributed by atoms with Crippen LogP contribution < -0.4 is 9.64 Å². The Labute approximate surface area is 170 Å². The van der Waals surface area contributed by atoms with E-state index in [1.54, 1.807) is 0 Å². The van der Waals surface area contributed by atoms with Gasteiger partial charge in [-0.15, -0.1) is 5.10 Å². The van der Waals surface area contributed by atoms with E-state index in [1.807, 2.05) is 47.4 Å². The molecule has 0 spiro atoms. The van der Waals surface area contributed by atoms with E-state index >= 15 is 0 Å². The number of piperazine rings is 1. The fraction of sp³-hybridized carbons (Fsp3) is 0.348. The van der Waals surface area contributed by atoms with Crippen LogP contribution in [0.25, 0.3) is 10.8 Å². The summed E-state index contributed by atoms with van der Waals surface area (Å²) in [6.07, 6.45) is 2.46. The molecule has 1 amide bonds. The number of rotatable bonds is 5. The van der Waals surface area contributed by atoms with Crippen LogP contribution in [0.4, 0.5) is 5.82 Å². The monoisotopic (exact) mass is 388 g/mol. The molecular weight excluding hydrogens is 364 g/mol. The van der Waals surface area contributed by atoms with E-state index in [0.29, 0.717) is 19.0 Å². The summed E-state index contributed by atoms with van der Waals surface area (Å²) in [6, 6.07) is 18.1. The summed E-state index contributed by atoms with van der Waals surface area (Å²) < 4.78 is 5.86. The molecule has 1 aliphatic heterocycles. The first-order chi connectivity index (χ1) is 14.3. The molecule has 2 heterocycles. The summed E-state index contributed by atoms with van der Waals surface area (Å²) in [5, 5.41) is 10.9. The highest BCUT2D eigenvalue weighted by Crippen LogP contribution is 2.38. The van der Waals surface area contributed by atoms with E-state index in [9.17, 15) is 4.79 Å². The van der Waals surface area contributed by atoms with E-state index in [0.717, 1.165) is 41.1 Å². The molecule has 3 aromatic rings. The molecule has 0 unspecified atom stereocenters. The second-order valence-corrected chi connectivity index (χ2v) is 7.72. The smallest absolute Gasteiger partial charge is 0.260 e. The molecule has 0 bridgehead atoms. The predicted octanol–water partition coefficient (Wildman–Crippen LogP) is 3.23. The molecule has 2 aliphatic rings. The summed E-state index contributed by atoms with van der Waals surface area (Å²) in [5.41, 5.74) is 1.10. The average molecular weight is 388 g/mol. The van der Waals surface area contributed by atoms with Gasteiger partial charge in [0.25, 0.3) is 5.91 Å².